The second-order valence-corrected chi connectivity index (χ2v) is 9.91. The highest BCUT2D eigenvalue weighted by Gasteiger charge is 2.47. The van der Waals surface area contributed by atoms with Crippen molar-refractivity contribution in [3.8, 4) is 0 Å². The standard InChI is InChI=1S/C20H40O3/c1-15(23-13-12-19(8,9)22-11)16(21)20(10,18(5,6)7)14-17(2,3)4/h15H,12-14H2,1-11H3. The number of methoxy groups -OCH3 is 1. The van der Waals surface area contributed by atoms with E-state index in [-0.39, 0.29) is 22.2 Å². The lowest BCUT2D eigenvalue weighted by molar-refractivity contribution is -0.149. The van der Waals surface area contributed by atoms with Crippen molar-refractivity contribution in [3.63, 3.8) is 0 Å². The van der Waals surface area contributed by atoms with Crippen LogP contribution in [0, 0.1) is 16.2 Å². The Morgan fingerprint density at radius 3 is 1.78 bits per heavy atom. The zero-order chi connectivity index (χ0) is 18.7. The third-order valence-corrected chi connectivity index (χ3v) is 5.08. The number of carbonyl (C=O) groups is 1. The van der Waals surface area contributed by atoms with Crippen molar-refractivity contribution >= 4 is 5.78 Å². The van der Waals surface area contributed by atoms with E-state index in [1.165, 1.54) is 0 Å². The minimum atomic E-state index is -0.415. The van der Waals surface area contributed by atoms with Crippen LogP contribution in [0.2, 0.25) is 0 Å². The van der Waals surface area contributed by atoms with Crippen LogP contribution in [0.15, 0.2) is 0 Å². The van der Waals surface area contributed by atoms with E-state index in [0.717, 1.165) is 12.8 Å². The van der Waals surface area contributed by atoms with Gasteiger partial charge in [0, 0.05) is 12.5 Å². The van der Waals surface area contributed by atoms with Gasteiger partial charge in [0.2, 0.25) is 0 Å². The summed E-state index contributed by atoms with van der Waals surface area (Å²) in [5, 5.41) is 0. The maximum atomic E-state index is 13.2. The molecule has 138 valence electrons. The van der Waals surface area contributed by atoms with Gasteiger partial charge in [0.05, 0.1) is 12.2 Å². The van der Waals surface area contributed by atoms with E-state index in [2.05, 4.69) is 48.5 Å². The molecular weight excluding hydrogens is 288 g/mol. The lowest BCUT2D eigenvalue weighted by Gasteiger charge is -2.45. The van der Waals surface area contributed by atoms with Gasteiger partial charge in [-0.3, -0.25) is 4.79 Å². The highest BCUT2D eigenvalue weighted by atomic mass is 16.5. The average Bonchev–Trinajstić information content (AvgIpc) is 2.34. The molecule has 0 spiro atoms. The van der Waals surface area contributed by atoms with Gasteiger partial charge in [0.25, 0.3) is 0 Å². The topological polar surface area (TPSA) is 35.5 Å². The quantitative estimate of drug-likeness (QED) is 0.609. The van der Waals surface area contributed by atoms with Gasteiger partial charge in [-0.1, -0.05) is 48.5 Å². The zero-order valence-electron chi connectivity index (χ0n) is 17.4. The van der Waals surface area contributed by atoms with Gasteiger partial charge in [0.15, 0.2) is 5.78 Å². The van der Waals surface area contributed by atoms with E-state index in [0.29, 0.717) is 6.61 Å². The lowest BCUT2D eigenvalue weighted by Crippen LogP contribution is -2.48. The number of ketones is 1. The van der Waals surface area contributed by atoms with E-state index in [9.17, 15) is 4.79 Å². The monoisotopic (exact) mass is 328 g/mol. The van der Waals surface area contributed by atoms with Gasteiger partial charge < -0.3 is 9.47 Å². The van der Waals surface area contributed by atoms with Gasteiger partial charge >= 0.3 is 0 Å². The zero-order valence-corrected chi connectivity index (χ0v) is 17.4. The van der Waals surface area contributed by atoms with Crippen LogP contribution in [0.4, 0.5) is 0 Å². The lowest BCUT2D eigenvalue weighted by atomic mass is 9.58. The number of hydrogen-bond donors (Lipinski definition) is 0. The molecule has 0 aliphatic rings. The Bertz CT molecular complexity index is 385. The van der Waals surface area contributed by atoms with E-state index in [1.54, 1.807) is 7.11 Å². The molecule has 0 fully saturated rings. The first-order chi connectivity index (χ1) is 10.1. The third-order valence-electron chi connectivity index (χ3n) is 5.08. The Balaban J connectivity index is 5.04. The molecular formula is C20H40O3. The molecule has 0 aliphatic heterocycles. The summed E-state index contributed by atoms with van der Waals surface area (Å²) in [5.41, 5.74) is -0.654. The van der Waals surface area contributed by atoms with Gasteiger partial charge in [-0.05, 0) is 44.4 Å². The smallest absolute Gasteiger partial charge is 0.167 e. The number of Topliss-reactive ketones (excluding diaryl/α,β-unsaturated/α-hetero) is 1. The first-order valence-electron chi connectivity index (χ1n) is 8.77. The predicted octanol–water partition coefficient (Wildman–Crippen LogP) is 5.26. The molecule has 0 amide bonds. The predicted molar refractivity (Wildman–Crippen MR) is 97.8 cm³/mol. The fourth-order valence-electron chi connectivity index (χ4n) is 2.89. The molecule has 0 heterocycles. The molecule has 0 rings (SSSR count). The maximum Gasteiger partial charge on any atom is 0.167 e. The van der Waals surface area contributed by atoms with Crippen LogP contribution >= 0.6 is 0 Å². The van der Waals surface area contributed by atoms with Crippen LogP contribution in [-0.4, -0.2) is 31.2 Å². The van der Waals surface area contributed by atoms with Crippen molar-refractivity contribution in [2.75, 3.05) is 13.7 Å². The minimum Gasteiger partial charge on any atom is -0.379 e. The summed E-state index contributed by atoms with van der Waals surface area (Å²) in [6.45, 7) is 21.6. The van der Waals surface area contributed by atoms with Crippen molar-refractivity contribution in [1.29, 1.82) is 0 Å². The van der Waals surface area contributed by atoms with Crippen LogP contribution < -0.4 is 0 Å². The molecule has 2 unspecified atom stereocenters. The Kier molecular flexibility index (Phi) is 7.51. The van der Waals surface area contributed by atoms with Crippen LogP contribution in [0.5, 0.6) is 0 Å². The molecule has 3 heteroatoms. The summed E-state index contributed by atoms with van der Waals surface area (Å²) in [7, 11) is 1.70. The first kappa shape index (κ1) is 22.6. The van der Waals surface area contributed by atoms with Gasteiger partial charge in [-0.2, -0.15) is 0 Å². The van der Waals surface area contributed by atoms with Crippen LogP contribution in [0.3, 0.4) is 0 Å². The van der Waals surface area contributed by atoms with Gasteiger partial charge in [-0.15, -0.1) is 0 Å². The normalized spacial score (nSPS) is 17.7. The molecule has 0 saturated heterocycles. The fraction of sp³-hybridized carbons (Fsp3) is 0.950. The molecule has 0 radical (unpaired) electrons. The number of hydrogen-bond acceptors (Lipinski definition) is 3. The number of carbonyl (C=O) groups excluding carboxylic acids is 1. The van der Waals surface area contributed by atoms with Crippen LogP contribution in [0.25, 0.3) is 0 Å². The molecule has 0 aromatic carbocycles. The van der Waals surface area contributed by atoms with Gasteiger partial charge in [0.1, 0.15) is 6.10 Å². The number of ether oxygens (including phenoxy) is 2. The van der Waals surface area contributed by atoms with Crippen molar-refractivity contribution in [1.82, 2.24) is 0 Å². The molecule has 0 aromatic heterocycles. The van der Waals surface area contributed by atoms with Crippen LogP contribution in [-0.2, 0) is 14.3 Å². The molecule has 0 aromatic rings. The number of rotatable bonds is 8. The van der Waals surface area contributed by atoms with Crippen LogP contribution in [0.1, 0.15) is 82.1 Å². The van der Waals surface area contributed by atoms with Crippen molar-refractivity contribution in [2.45, 2.75) is 93.8 Å². The highest BCUT2D eigenvalue weighted by molar-refractivity contribution is 5.89. The molecule has 2 atom stereocenters. The summed E-state index contributed by atoms with van der Waals surface area (Å²) in [6, 6.07) is 0. The molecule has 0 bridgehead atoms. The summed E-state index contributed by atoms with van der Waals surface area (Å²) in [6.07, 6.45) is 1.22. The summed E-state index contributed by atoms with van der Waals surface area (Å²) < 4.78 is 11.3. The molecule has 0 aliphatic carbocycles. The van der Waals surface area contributed by atoms with E-state index in [4.69, 9.17) is 9.47 Å². The van der Waals surface area contributed by atoms with Crippen molar-refractivity contribution < 1.29 is 14.3 Å². The van der Waals surface area contributed by atoms with E-state index < -0.39 is 11.5 Å². The first-order valence-corrected chi connectivity index (χ1v) is 8.77. The van der Waals surface area contributed by atoms with Crippen molar-refractivity contribution in [2.24, 2.45) is 16.2 Å². The summed E-state index contributed by atoms with van der Waals surface area (Å²) in [5.74, 6) is 0.204. The average molecular weight is 329 g/mol. The van der Waals surface area contributed by atoms with E-state index in [1.807, 2.05) is 20.8 Å². The Labute approximate surface area is 144 Å². The second kappa shape index (κ2) is 7.65. The Morgan fingerprint density at radius 1 is 0.957 bits per heavy atom. The maximum absolute atomic E-state index is 13.2. The second-order valence-electron chi connectivity index (χ2n) is 9.91. The molecule has 23 heavy (non-hydrogen) atoms. The Hall–Kier alpha value is -0.410. The van der Waals surface area contributed by atoms with Crippen molar-refractivity contribution in [3.05, 3.63) is 0 Å². The summed E-state index contributed by atoms with van der Waals surface area (Å²) in [4.78, 5) is 13.2. The summed E-state index contributed by atoms with van der Waals surface area (Å²) >= 11 is 0. The third kappa shape index (κ3) is 6.93. The highest BCUT2D eigenvalue weighted by Crippen LogP contribution is 2.48. The largest absolute Gasteiger partial charge is 0.379 e. The Morgan fingerprint density at radius 2 is 1.43 bits per heavy atom. The molecule has 0 saturated carbocycles. The molecule has 0 N–H and O–H groups in total. The fourth-order valence-corrected chi connectivity index (χ4v) is 2.89. The SMILES string of the molecule is COC(C)(C)CCOC(C)C(=O)C(C)(CC(C)(C)C)C(C)(C)C. The van der Waals surface area contributed by atoms with E-state index >= 15 is 0 Å². The molecule has 3 nitrogen and oxygen atoms in total. The minimum absolute atomic E-state index is 0.0927. The van der Waals surface area contributed by atoms with Gasteiger partial charge in [-0.25, -0.2) is 0 Å².